The average Bonchev–Trinajstić information content (AvgIpc) is 2.32. The van der Waals surface area contributed by atoms with Gasteiger partial charge in [-0.1, -0.05) is 19.1 Å². The largest absolute Gasteiger partial charge is 0.330 e. The smallest absolute Gasteiger partial charge is 0.0739 e. The highest BCUT2D eigenvalue weighted by molar-refractivity contribution is 5.88. The Kier molecular flexibility index (Phi) is 3.16. The number of rotatable bonds is 2. The van der Waals surface area contributed by atoms with Gasteiger partial charge < -0.3 is 5.73 Å². The number of fused-ring (bicyclic) bond motifs is 1. The molecule has 1 atom stereocenters. The lowest BCUT2D eigenvalue weighted by atomic mass is 9.98. The lowest BCUT2D eigenvalue weighted by Crippen LogP contribution is -2.11. The van der Waals surface area contributed by atoms with Gasteiger partial charge in [0.2, 0.25) is 0 Å². The van der Waals surface area contributed by atoms with Crippen LogP contribution in [-0.2, 0) is 0 Å². The molecule has 1 aromatic heterocycles. The summed E-state index contributed by atoms with van der Waals surface area (Å²) >= 11 is 0. The van der Waals surface area contributed by atoms with Crippen LogP contribution in [0.1, 0.15) is 35.2 Å². The Hall–Kier alpha value is -1.41. The molecular formula is C15H20N2. The summed E-state index contributed by atoms with van der Waals surface area (Å²) in [5, 5.41) is 1.29. The van der Waals surface area contributed by atoms with Crippen molar-refractivity contribution in [3.8, 4) is 0 Å². The van der Waals surface area contributed by atoms with Crippen LogP contribution in [0.3, 0.4) is 0 Å². The summed E-state index contributed by atoms with van der Waals surface area (Å²) in [6.45, 7) is 9.18. The van der Waals surface area contributed by atoms with Crippen LogP contribution in [0.25, 0.3) is 10.9 Å². The van der Waals surface area contributed by atoms with Gasteiger partial charge in [-0.05, 0) is 43.5 Å². The number of aryl methyl sites for hydroxylation is 3. The molecular weight excluding hydrogens is 208 g/mol. The monoisotopic (exact) mass is 228 g/mol. The molecule has 0 saturated heterocycles. The van der Waals surface area contributed by atoms with E-state index in [1.165, 1.54) is 22.1 Å². The van der Waals surface area contributed by atoms with E-state index in [-0.39, 0.29) is 0 Å². The Bertz CT molecular complexity index is 558. The number of nitrogens with zero attached hydrogens (tertiary/aromatic N) is 1. The van der Waals surface area contributed by atoms with Crippen molar-refractivity contribution in [2.45, 2.75) is 33.6 Å². The molecule has 17 heavy (non-hydrogen) atoms. The number of benzene rings is 1. The fourth-order valence-electron chi connectivity index (χ4n) is 2.27. The van der Waals surface area contributed by atoms with Gasteiger partial charge in [-0.2, -0.15) is 0 Å². The summed E-state index contributed by atoms with van der Waals surface area (Å²) < 4.78 is 0. The maximum atomic E-state index is 5.73. The van der Waals surface area contributed by atoms with Crippen molar-refractivity contribution in [2.75, 3.05) is 6.54 Å². The Labute approximate surface area is 103 Å². The highest BCUT2D eigenvalue weighted by Gasteiger charge is 2.11. The molecule has 0 aliphatic carbocycles. The van der Waals surface area contributed by atoms with Crippen molar-refractivity contribution in [3.05, 3.63) is 40.6 Å². The summed E-state index contributed by atoms with van der Waals surface area (Å²) in [5.41, 5.74) is 11.8. The van der Waals surface area contributed by atoms with Crippen LogP contribution in [-0.4, -0.2) is 11.5 Å². The predicted molar refractivity (Wildman–Crippen MR) is 73.4 cm³/mol. The van der Waals surface area contributed by atoms with Gasteiger partial charge in [0.15, 0.2) is 0 Å². The topological polar surface area (TPSA) is 38.9 Å². The van der Waals surface area contributed by atoms with Gasteiger partial charge in [-0.3, -0.25) is 4.98 Å². The molecule has 2 N–H and O–H groups in total. The number of nitrogens with two attached hydrogens (primary N) is 1. The second-order valence-electron chi connectivity index (χ2n) is 4.92. The second-order valence-corrected chi connectivity index (χ2v) is 4.92. The summed E-state index contributed by atoms with van der Waals surface area (Å²) in [5.74, 6) is 0.318. The molecule has 0 bridgehead atoms. The zero-order valence-electron chi connectivity index (χ0n) is 11.0. The van der Waals surface area contributed by atoms with Crippen molar-refractivity contribution in [3.63, 3.8) is 0 Å². The quantitative estimate of drug-likeness (QED) is 0.857. The summed E-state index contributed by atoms with van der Waals surface area (Å²) in [6, 6.07) is 6.48. The van der Waals surface area contributed by atoms with Crippen LogP contribution in [0.15, 0.2) is 18.2 Å². The molecule has 0 aliphatic rings. The fourth-order valence-corrected chi connectivity index (χ4v) is 2.27. The van der Waals surface area contributed by atoms with E-state index in [2.05, 4.69) is 45.9 Å². The zero-order valence-corrected chi connectivity index (χ0v) is 11.0. The van der Waals surface area contributed by atoms with E-state index in [4.69, 9.17) is 10.7 Å². The third-order valence-corrected chi connectivity index (χ3v) is 3.45. The number of aromatic nitrogens is 1. The van der Waals surface area contributed by atoms with Crippen molar-refractivity contribution in [2.24, 2.45) is 5.73 Å². The van der Waals surface area contributed by atoms with E-state index in [0.717, 1.165) is 11.2 Å². The number of hydrogen-bond acceptors (Lipinski definition) is 2. The Balaban J connectivity index is 2.77. The zero-order chi connectivity index (χ0) is 12.6. The van der Waals surface area contributed by atoms with Crippen molar-refractivity contribution < 1.29 is 0 Å². The van der Waals surface area contributed by atoms with Crippen LogP contribution in [0.2, 0.25) is 0 Å². The molecule has 2 heteroatoms. The van der Waals surface area contributed by atoms with E-state index in [0.29, 0.717) is 12.5 Å². The van der Waals surface area contributed by atoms with Gasteiger partial charge >= 0.3 is 0 Å². The minimum Gasteiger partial charge on any atom is -0.330 e. The summed E-state index contributed by atoms with van der Waals surface area (Å²) in [4.78, 5) is 4.79. The van der Waals surface area contributed by atoms with Gasteiger partial charge in [0.1, 0.15) is 0 Å². The van der Waals surface area contributed by atoms with E-state index in [9.17, 15) is 0 Å². The van der Waals surface area contributed by atoms with Crippen molar-refractivity contribution in [1.29, 1.82) is 0 Å². The van der Waals surface area contributed by atoms with Crippen LogP contribution in [0.4, 0.5) is 0 Å². The maximum absolute atomic E-state index is 5.73. The standard InChI is InChI=1S/C15H20N2/c1-9-5-6-10(2)15-14(9)11(3)7-13(17-15)12(4)8-16/h5-7,12H,8,16H2,1-4H3. The van der Waals surface area contributed by atoms with Gasteiger partial charge in [0.25, 0.3) is 0 Å². The van der Waals surface area contributed by atoms with E-state index in [1.54, 1.807) is 0 Å². The first-order valence-corrected chi connectivity index (χ1v) is 6.12. The highest BCUT2D eigenvalue weighted by Crippen LogP contribution is 2.26. The molecule has 90 valence electrons. The molecule has 0 radical (unpaired) electrons. The van der Waals surface area contributed by atoms with Crippen molar-refractivity contribution >= 4 is 10.9 Å². The van der Waals surface area contributed by atoms with E-state index >= 15 is 0 Å². The van der Waals surface area contributed by atoms with Crippen LogP contribution >= 0.6 is 0 Å². The minimum absolute atomic E-state index is 0.318. The number of pyridine rings is 1. The molecule has 0 spiro atoms. The van der Waals surface area contributed by atoms with Gasteiger partial charge in [0, 0.05) is 23.5 Å². The predicted octanol–water partition coefficient (Wildman–Crippen LogP) is 3.22. The Morgan fingerprint density at radius 1 is 1.12 bits per heavy atom. The normalized spacial score (nSPS) is 13.0. The van der Waals surface area contributed by atoms with Gasteiger partial charge in [0.05, 0.1) is 5.52 Å². The average molecular weight is 228 g/mol. The lowest BCUT2D eigenvalue weighted by molar-refractivity contribution is 0.748. The first-order chi connectivity index (χ1) is 8.04. The minimum atomic E-state index is 0.318. The molecule has 2 nitrogen and oxygen atoms in total. The van der Waals surface area contributed by atoms with E-state index < -0.39 is 0 Å². The van der Waals surface area contributed by atoms with Gasteiger partial charge in [-0.15, -0.1) is 0 Å². The molecule has 1 unspecified atom stereocenters. The summed E-state index contributed by atoms with van der Waals surface area (Å²) in [7, 11) is 0. The first-order valence-electron chi connectivity index (χ1n) is 6.12. The second kappa shape index (κ2) is 4.46. The molecule has 0 aliphatic heterocycles. The third kappa shape index (κ3) is 2.05. The van der Waals surface area contributed by atoms with Gasteiger partial charge in [-0.25, -0.2) is 0 Å². The molecule has 1 heterocycles. The molecule has 0 saturated carbocycles. The Morgan fingerprint density at radius 3 is 2.41 bits per heavy atom. The molecule has 1 aromatic carbocycles. The first kappa shape index (κ1) is 12.1. The molecule has 0 amide bonds. The van der Waals surface area contributed by atoms with E-state index in [1.807, 2.05) is 0 Å². The maximum Gasteiger partial charge on any atom is 0.0739 e. The summed E-state index contributed by atoms with van der Waals surface area (Å²) in [6.07, 6.45) is 0. The van der Waals surface area contributed by atoms with Crippen LogP contribution in [0.5, 0.6) is 0 Å². The SMILES string of the molecule is Cc1ccc(C)c2c(C)cc(C(C)CN)nc12. The van der Waals surface area contributed by atoms with Crippen LogP contribution in [0, 0.1) is 20.8 Å². The Morgan fingerprint density at radius 2 is 1.76 bits per heavy atom. The third-order valence-electron chi connectivity index (χ3n) is 3.45. The number of hydrogen-bond donors (Lipinski definition) is 1. The highest BCUT2D eigenvalue weighted by atomic mass is 14.7. The van der Waals surface area contributed by atoms with Crippen LogP contribution < -0.4 is 5.73 Å². The lowest BCUT2D eigenvalue weighted by Gasteiger charge is -2.14. The molecule has 0 fully saturated rings. The molecule has 2 aromatic rings. The van der Waals surface area contributed by atoms with Crippen molar-refractivity contribution in [1.82, 2.24) is 4.98 Å². The molecule has 2 rings (SSSR count). The fraction of sp³-hybridized carbons (Fsp3) is 0.400.